The van der Waals surface area contributed by atoms with Crippen LogP contribution < -0.4 is 5.32 Å². The predicted octanol–water partition coefficient (Wildman–Crippen LogP) is 1.60. The third-order valence-electron chi connectivity index (χ3n) is 4.31. The number of carbonyl (C=O) groups excluding carboxylic acids is 2. The number of hydrogen-bond donors (Lipinski definition) is 1. The molecule has 0 spiro atoms. The summed E-state index contributed by atoms with van der Waals surface area (Å²) in [5.41, 5.74) is -3.30. The maximum absolute atomic E-state index is 13.1. The molecule has 0 unspecified atom stereocenters. The third-order valence-corrected chi connectivity index (χ3v) is 4.31. The summed E-state index contributed by atoms with van der Waals surface area (Å²) in [4.78, 5) is 24.8. The fourth-order valence-corrected chi connectivity index (χ4v) is 2.73. The van der Waals surface area contributed by atoms with E-state index in [1.165, 1.54) is 0 Å². The molecule has 0 aromatic carbocycles. The Morgan fingerprint density at radius 3 is 2.11 bits per heavy atom. The van der Waals surface area contributed by atoms with Crippen molar-refractivity contribution in [3.05, 3.63) is 0 Å². The number of halogens is 3. The van der Waals surface area contributed by atoms with Gasteiger partial charge in [-0.3, -0.25) is 9.59 Å². The summed E-state index contributed by atoms with van der Waals surface area (Å²) in [6.45, 7) is 2.89. The minimum atomic E-state index is -4.48. The van der Waals surface area contributed by atoms with Crippen LogP contribution in [-0.2, 0) is 9.59 Å². The molecule has 1 heterocycles. The lowest BCUT2D eigenvalue weighted by Crippen LogP contribution is -2.70. The monoisotopic (exact) mass is 278 g/mol. The number of carbonyl (C=O) groups is 2. The Kier molecular flexibility index (Phi) is 3.06. The smallest absolute Gasteiger partial charge is 0.340 e. The van der Waals surface area contributed by atoms with Gasteiger partial charge < -0.3 is 10.2 Å². The third kappa shape index (κ3) is 1.90. The number of rotatable bonds is 3. The van der Waals surface area contributed by atoms with Crippen LogP contribution in [0, 0.1) is 0 Å². The Hall–Kier alpha value is -1.27. The molecule has 1 saturated heterocycles. The van der Waals surface area contributed by atoms with Crippen LogP contribution in [0.2, 0.25) is 0 Å². The van der Waals surface area contributed by atoms with E-state index in [9.17, 15) is 22.8 Å². The van der Waals surface area contributed by atoms with Crippen molar-refractivity contribution in [2.24, 2.45) is 0 Å². The summed E-state index contributed by atoms with van der Waals surface area (Å²) < 4.78 is 39.3. The van der Waals surface area contributed by atoms with Crippen molar-refractivity contribution in [3.63, 3.8) is 0 Å². The summed E-state index contributed by atoms with van der Waals surface area (Å²) in [5.74, 6) is -1.12. The van der Waals surface area contributed by atoms with Gasteiger partial charge in [-0.05, 0) is 25.7 Å². The number of alkyl halides is 3. The highest BCUT2D eigenvalue weighted by molar-refractivity contribution is 5.98. The van der Waals surface area contributed by atoms with E-state index in [1.807, 2.05) is 0 Å². The van der Waals surface area contributed by atoms with Gasteiger partial charge in [-0.1, -0.05) is 13.8 Å². The number of amides is 2. The van der Waals surface area contributed by atoms with Crippen molar-refractivity contribution in [1.82, 2.24) is 10.2 Å². The molecule has 2 amide bonds. The summed E-state index contributed by atoms with van der Waals surface area (Å²) in [6, 6.07) is 0. The van der Waals surface area contributed by atoms with Crippen molar-refractivity contribution in [2.45, 2.75) is 56.8 Å². The van der Waals surface area contributed by atoms with Crippen molar-refractivity contribution >= 4 is 11.8 Å². The number of hydrogen-bond acceptors (Lipinski definition) is 2. The summed E-state index contributed by atoms with van der Waals surface area (Å²) in [5, 5.41) is 2.56. The first-order valence-electron chi connectivity index (χ1n) is 6.42. The standard InChI is InChI=1S/C12H17F3N2O2/c1-3-10(4-2)9(19)17(7-8(18)16-10)11(5-6-11)12(13,14)15/h3-7H2,1-2H3,(H,16,18). The van der Waals surface area contributed by atoms with Gasteiger partial charge in [-0.2, -0.15) is 13.2 Å². The first kappa shape index (κ1) is 14.1. The molecule has 2 rings (SSSR count). The van der Waals surface area contributed by atoms with Gasteiger partial charge >= 0.3 is 6.18 Å². The van der Waals surface area contributed by atoms with Gasteiger partial charge in [0.2, 0.25) is 11.8 Å². The Balaban J connectivity index is 2.37. The molecule has 0 radical (unpaired) electrons. The average molecular weight is 278 g/mol. The maximum Gasteiger partial charge on any atom is 0.411 e. The zero-order valence-electron chi connectivity index (χ0n) is 10.9. The molecule has 7 heteroatoms. The van der Waals surface area contributed by atoms with Crippen LogP contribution in [0.15, 0.2) is 0 Å². The van der Waals surface area contributed by atoms with Crippen LogP contribution in [0.1, 0.15) is 39.5 Å². The maximum atomic E-state index is 13.1. The summed E-state index contributed by atoms with van der Waals surface area (Å²) >= 11 is 0. The van der Waals surface area contributed by atoms with Crippen LogP contribution >= 0.6 is 0 Å². The Bertz CT molecular complexity index is 412. The van der Waals surface area contributed by atoms with Gasteiger partial charge in [0.05, 0.1) is 0 Å². The predicted molar refractivity (Wildman–Crippen MR) is 61.2 cm³/mol. The van der Waals surface area contributed by atoms with Crippen molar-refractivity contribution < 1.29 is 22.8 Å². The molecule has 0 aromatic rings. The molecule has 1 saturated carbocycles. The highest BCUT2D eigenvalue weighted by Crippen LogP contribution is 2.54. The number of piperazine rings is 1. The van der Waals surface area contributed by atoms with Crippen LogP contribution in [-0.4, -0.2) is 40.5 Å². The Morgan fingerprint density at radius 1 is 1.21 bits per heavy atom. The molecule has 2 fully saturated rings. The van der Waals surface area contributed by atoms with E-state index in [-0.39, 0.29) is 12.8 Å². The molecule has 0 aromatic heterocycles. The van der Waals surface area contributed by atoms with E-state index in [1.54, 1.807) is 13.8 Å². The quantitative estimate of drug-likeness (QED) is 0.852. The number of nitrogens with one attached hydrogen (secondary N) is 1. The zero-order chi connectivity index (χ0) is 14.5. The van der Waals surface area contributed by atoms with Crippen LogP contribution in [0.3, 0.4) is 0 Å². The SMILES string of the molecule is CCC1(CC)NC(=O)CN(C2(C(F)(F)F)CC2)C1=O. The fourth-order valence-electron chi connectivity index (χ4n) is 2.73. The molecular formula is C12H17F3N2O2. The minimum absolute atomic E-state index is 0.112. The highest BCUT2D eigenvalue weighted by atomic mass is 19.4. The molecule has 1 aliphatic carbocycles. The molecule has 1 aliphatic heterocycles. The van der Waals surface area contributed by atoms with E-state index >= 15 is 0 Å². The fraction of sp³-hybridized carbons (Fsp3) is 0.833. The van der Waals surface area contributed by atoms with E-state index in [2.05, 4.69) is 5.32 Å². The first-order chi connectivity index (χ1) is 8.72. The van der Waals surface area contributed by atoms with Gasteiger partial charge in [0, 0.05) is 0 Å². The van der Waals surface area contributed by atoms with Crippen molar-refractivity contribution in [1.29, 1.82) is 0 Å². The molecular weight excluding hydrogens is 261 g/mol. The summed E-state index contributed by atoms with van der Waals surface area (Å²) in [7, 11) is 0. The largest absolute Gasteiger partial charge is 0.411 e. The molecule has 4 nitrogen and oxygen atoms in total. The van der Waals surface area contributed by atoms with Crippen LogP contribution in [0.25, 0.3) is 0 Å². The van der Waals surface area contributed by atoms with E-state index in [4.69, 9.17) is 0 Å². The molecule has 108 valence electrons. The second-order valence-corrected chi connectivity index (χ2v) is 5.26. The number of nitrogens with zero attached hydrogens (tertiary/aromatic N) is 1. The topological polar surface area (TPSA) is 49.4 Å². The van der Waals surface area contributed by atoms with Gasteiger partial charge in [0.15, 0.2) is 0 Å². The Morgan fingerprint density at radius 2 is 1.74 bits per heavy atom. The minimum Gasteiger partial charge on any atom is -0.340 e. The van der Waals surface area contributed by atoms with Crippen LogP contribution in [0.5, 0.6) is 0 Å². The molecule has 0 bridgehead atoms. The summed E-state index contributed by atoms with van der Waals surface area (Å²) in [6.07, 6.45) is -4.12. The second kappa shape index (κ2) is 4.11. The molecule has 1 N–H and O–H groups in total. The highest BCUT2D eigenvalue weighted by Gasteiger charge is 2.70. The first-order valence-corrected chi connectivity index (χ1v) is 6.42. The van der Waals surface area contributed by atoms with Crippen molar-refractivity contribution in [2.75, 3.05) is 6.54 Å². The molecule has 19 heavy (non-hydrogen) atoms. The zero-order valence-corrected chi connectivity index (χ0v) is 10.9. The Labute approximate surface area is 109 Å². The van der Waals surface area contributed by atoms with Crippen LogP contribution in [0.4, 0.5) is 13.2 Å². The van der Waals surface area contributed by atoms with E-state index in [0.29, 0.717) is 12.8 Å². The lowest BCUT2D eigenvalue weighted by atomic mass is 9.88. The van der Waals surface area contributed by atoms with Gasteiger partial charge in [0.1, 0.15) is 17.6 Å². The van der Waals surface area contributed by atoms with Gasteiger partial charge in [0.25, 0.3) is 0 Å². The second-order valence-electron chi connectivity index (χ2n) is 5.26. The lowest BCUT2D eigenvalue weighted by Gasteiger charge is -2.45. The molecule has 0 atom stereocenters. The van der Waals surface area contributed by atoms with Gasteiger partial charge in [-0.15, -0.1) is 0 Å². The normalized spacial score (nSPS) is 25.2. The van der Waals surface area contributed by atoms with Gasteiger partial charge in [-0.25, -0.2) is 0 Å². The average Bonchev–Trinajstić information content (AvgIpc) is 3.12. The van der Waals surface area contributed by atoms with E-state index in [0.717, 1.165) is 4.90 Å². The lowest BCUT2D eigenvalue weighted by molar-refractivity contribution is -0.206. The molecule has 2 aliphatic rings. The van der Waals surface area contributed by atoms with Crippen molar-refractivity contribution in [3.8, 4) is 0 Å². The van der Waals surface area contributed by atoms with E-state index < -0.39 is 35.6 Å².